The number of nitro groups is 1. The van der Waals surface area contributed by atoms with Crippen LogP contribution in [0.15, 0.2) is 47.4 Å². The van der Waals surface area contributed by atoms with Crippen molar-refractivity contribution in [2.75, 3.05) is 18.4 Å². The maximum atomic E-state index is 12.6. The molecule has 0 spiro atoms. The lowest BCUT2D eigenvalue weighted by Gasteiger charge is -2.20. The molecule has 0 aromatic heterocycles. The van der Waals surface area contributed by atoms with Gasteiger partial charge in [0.05, 0.1) is 9.82 Å². The van der Waals surface area contributed by atoms with Crippen LogP contribution in [0, 0.1) is 10.1 Å². The first-order valence-electron chi connectivity index (χ1n) is 8.84. The number of nitrogens with one attached hydrogen (secondary N) is 1. The number of rotatable bonds is 9. The normalized spacial score (nSPS) is 12.6. The standard InChI is InChI=1S/C19H23N3O5S/c1-4-21(5-2)28(26,27)17-9-7-16(8-10-17)14(3)20-18-11-6-15(13-23)12-19(18)22(24)25/h6-14,20H,4-5H2,1-3H3/t14-/m1/s1. The van der Waals surface area contributed by atoms with E-state index in [-0.39, 0.29) is 27.9 Å². The Labute approximate surface area is 164 Å². The van der Waals surface area contributed by atoms with Crippen molar-refractivity contribution in [3.63, 3.8) is 0 Å². The SMILES string of the molecule is CCN(CC)S(=O)(=O)c1ccc([C@@H](C)Nc2ccc(C=O)cc2[N+](=O)[O-])cc1. The second-order valence-electron chi connectivity index (χ2n) is 6.18. The second kappa shape index (κ2) is 8.94. The Kier molecular flexibility index (Phi) is 6.87. The van der Waals surface area contributed by atoms with E-state index in [0.717, 1.165) is 5.56 Å². The molecule has 8 nitrogen and oxygen atoms in total. The maximum absolute atomic E-state index is 12.6. The van der Waals surface area contributed by atoms with Crippen LogP contribution in [0.3, 0.4) is 0 Å². The number of nitro benzene ring substituents is 1. The number of hydrogen-bond donors (Lipinski definition) is 1. The van der Waals surface area contributed by atoms with Crippen molar-refractivity contribution >= 4 is 27.7 Å². The number of carbonyl (C=O) groups excluding carboxylic acids is 1. The molecule has 1 atom stereocenters. The van der Waals surface area contributed by atoms with Gasteiger partial charge in [-0.25, -0.2) is 8.42 Å². The third kappa shape index (κ3) is 4.55. The number of aldehydes is 1. The quantitative estimate of drug-likeness (QED) is 0.388. The maximum Gasteiger partial charge on any atom is 0.293 e. The van der Waals surface area contributed by atoms with Crippen LogP contribution in [-0.2, 0) is 10.0 Å². The number of anilines is 1. The smallest absolute Gasteiger partial charge is 0.293 e. The van der Waals surface area contributed by atoms with Gasteiger partial charge in [-0.3, -0.25) is 14.9 Å². The molecular formula is C19H23N3O5S. The van der Waals surface area contributed by atoms with Gasteiger partial charge in [0.2, 0.25) is 10.0 Å². The van der Waals surface area contributed by atoms with E-state index in [1.165, 1.54) is 34.6 Å². The van der Waals surface area contributed by atoms with Crippen molar-refractivity contribution < 1.29 is 18.1 Å². The Morgan fingerprint density at radius 3 is 2.25 bits per heavy atom. The van der Waals surface area contributed by atoms with Crippen molar-refractivity contribution in [3.05, 3.63) is 63.7 Å². The van der Waals surface area contributed by atoms with Crippen LogP contribution in [0.4, 0.5) is 11.4 Å². The van der Waals surface area contributed by atoms with Crippen LogP contribution < -0.4 is 5.32 Å². The zero-order chi connectivity index (χ0) is 20.9. The van der Waals surface area contributed by atoms with Crippen LogP contribution in [0.25, 0.3) is 0 Å². The fraction of sp³-hybridized carbons (Fsp3) is 0.316. The first kappa shape index (κ1) is 21.5. The Morgan fingerprint density at radius 1 is 1.14 bits per heavy atom. The number of nitrogens with zero attached hydrogens (tertiary/aromatic N) is 2. The molecule has 2 rings (SSSR count). The molecule has 0 aliphatic carbocycles. The lowest BCUT2D eigenvalue weighted by Crippen LogP contribution is -2.30. The van der Waals surface area contributed by atoms with Crippen molar-refractivity contribution in [2.45, 2.75) is 31.7 Å². The highest BCUT2D eigenvalue weighted by molar-refractivity contribution is 7.89. The third-order valence-electron chi connectivity index (χ3n) is 4.45. The van der Waals surface area contributed by atoms with Crippen LogP contribution in [0.5, 0.6) is 0 Å². The highest BCUT2D eigenvalue weighted by atomic mass is 32.2. The minimum absolute atomic E-state index is 0.197. The van der Waals surface area contributed by atoms with Crippen LogP contribution in [0.1, 0.15) is 42.7 Å². The lowest BCUT2D eigenvalue weighted by molar-refractivity contribution is -0.384. The number of carbonyl (C=O) groups is 1. The summed E-state index contributed by atoms with van der Waals surface area (Å²) in [6, 6.07) is 10.3. The summed E-state index contributed by atoms with van der Waals surface area (Å²) in [7, 11) is -3.54. The summed E-state index contributed by atoms with van der Waals surface area (Å²) in [6.07, 6.45) is 0.551. The molecule has 0 bridgehead atoms. The minimum atomic E-state index is -3.54. The number of benzene rings is 2. The number of hydrogen-bond acceptors (Lipinski definition) is 6. The van der Waals surface area contributed by atoms with Gasteiger partial charge in [-0.05, 0) is 36.8 Å². The molecule has 0 amide bonds. The van der Waals surface area contributed by atoms with Crippen LogP contribution in [-0.4, -0.2) is 37.0 Å². The van der Waals surface area contributed by atoms with Gasteiger partial charge in [0.1, 0.15) is 12.0 Å². The Bertz CT molecular complexity index is 954. The summed E-state index contributed by atoms with van der Waals surface area (Å²) in [4.78, 5) is 21.8. The fourth-order valence-corrected chi connectivity index (χ4v) is 4.31. The molecule has 2 aromatic rings. The molecule has 0 saturated heterocycles. The average molecular weight is 405 g/mol. The predicted octanol–water partition coefficient (Wildman–Crippen LogP) is 3.61. The van der Waals surface area contributed by atoms with Crippen molar-refractivity contribution in [3.8, 4) is 0 Å². The average Bonchev–Trinajstić information content (AvgIpc) is 2.68. The molecule has 9 heteroatoms. The fourth-order valence-electron chi connectivity index (χ4n) is 2.85. The van der Waals surface area contributed by atoms with Crippen LogP contribution >= 0.6 is 0 Å². The summed E-state index contributed by atoms with van der Waals surface area (Å²) in [5.74, 6) is 0. The van der Waals surface area contributed by atoms with E-state index in [0.29, 0.717) is 19.4 Å². The summed E-state index contributed by atoms with van der Waals surface area (Å²) in [5.41, 5.74) is 1.07. The highest BCUT2D eigenvalue weighted by Crippen LogP contribution is 2.29. The van der Waals surface area contributed by atoms with Crippen molar-refractivity contribution in [1.29, 1.82) is 0 Å². The molecule has 1 N–H and O–H groups in total. The molecule has 28 heavy (non-hydrogen) atoms. The third-order valence-corrected chi connectivity index (χ3v) is 6.51. The van der Waals surface area contributed by atoms with Gasteiger partial charge in [-0.1, -0.05) is 26.0 Å². The monoisotopic (exact) mass is 405 g/mol. The number of sulfonamides is 1. The van der Waals surface area contributed by atoms with Crippen molar-refractivity contribution in [2.24, 2.45) is 0 Å². The van der Waals surface area contributed by atoms with E-state index in [1.54, 1.807) is 26.0 Å². The largest absolute Gasteiger partial charge is 0.373 e. The molecule has 2 aromatic carbocycles. The first-order valence-corrected chi connectivity index (χ1v) is 10.3. The van der Waals surface area contributed by atoms with E-state index in [4.69, 9.17) is 0 Å². The van der Waals surface area contributed by atoms with Gasteiger partial charge >= 0.3 is 0 Å². The summed E-state index contributed by atoms with van der Waals surface area (Å²) in [6.45, 7) is 6.15. The molecule has 0 heterocycles. The summed E-state index contributed by atoms with van der Waals surface area (Å²) in [5, 5.41) is 14.3. The Hall–Kier alpha value is -2.78. The van der Waals surface area contributed by atoms with Gasteiger partial charge in [-0.15, -0.1) is 0 Å². The molecule has 0 aliphatic rings. The van der Waals surface area contributed by atoms with E-state index in [1.807, 2.05) is 6.92 Å². The topological polar surface area (TPSA) is 110 Å². The summed E-state index contributed by atoms with van der Waals surface area (Å²) < 4.78 is 26.5. The van der Waals surface area contributed by atoms with Gasteiger partial charge in [0.15, 0.2) is 0 Å². The highest BCUT2D eigenvalue weighted by Gasteiger charge is 2.22. The molecular weight excluding hydrogens is 382 g/mol. The molecule has 0 aliphatic heterocycles. The lowest BCUT2D eigenvalue weighted by atomic mass is 10.1. The molecule has 0 radical (unpaired) electrons. The van der Waals surface area contributed by atoms with E-state index in [9.17, 15) is 23.3 Å². The van der Waals surface area contributed by atoms with E-state index >= 15 is 0 Å². The van der Waals surface area contributed by atoms with Gasteiger partial charge < -0.3 is 5.32 Å². The molecule has 0 saturated carbocycles. The van der Waals surface area contributed by atoms with E-state index < -0.39 is 14.9 Å². The molecule has 0 unspecified atom stereocenters. The van der Waals surface area contributed by atoms with Crippen molar-refractivity contribution in [1.82, 2.24) is 4.31 Å². The zero-order valence-corrected chi connectivity index (χ0v) is 16.8. The molecule has 0 fully saturated rings. The second-order valence-corrected chi connectivity index (χ2v) is 8.11. The van der Waals surface area contributed by atoms with Gasteiger partial charge in [0, 0.05) is 30.8 Å². The first-order chi connectivity index (χ1) is 13.2. The Balaban J connectivity index is 2.26. The van der Waals surface area contributed by atoms with Gasteiger partial charge in [-0.2, -0.15) is 4.31 Å². The minimum Gasteiger partial charge on any atom is -0.373 e. The van der Waals surface area contributed by atoms with Crippen LogP contribution in [0.2, 0.25) is 0 Å². The molecule has 150 valence electrons. The predicted molar refractivity (Wildman–Crippen MR) is 107 cm³/mol. The Morgan fingerprint density at radius 2 is 1.75 bits per heavy atom. The van der Waals surface area contributed by atoms with Gasteiger partial charge in [0.25, 0.3) is 5.69 Å². The zero-order valence-electron chi connectivity index (χ0n) is 16.0. The van der Waals surface area contributed by atoms with E-state index in [2.05, 4.69) is 5.32 Å². The summed E-state index contributed by atoms with van der Waals surface area (Å²) >= 11 is 0.